The Morgan fingerprint density at radius 3 is 2.53 bits per heavy atom. The fraction of sp³-hybridized carbons (Fsp3) is 0.625. The SMILES string of the molecule is CC1CCN(CCC[C@H](O)c2ccc(F)cc2)CC1. The molecule has 0 bridgehead atoms. The molecule has 0 unspecified atom stereocenters. The molecule has 0 aromatic heterocycles. The van der Waals surface area contributed by atoms with Crippen LogP contribution in [-0.2, 0) is 0 Å². The molecule has 1 atom stereocenters. The van der Waals surface area contributed by atoms with Crippen LogP contribution in [0.5, 0.6) is 0 Å². The molecule has 19 heavy (non-hydrogen) atoms. The maximum absolute atomic E-state index is 12.8. The molecule has 1 aliphatic heterocycles. The van der Waals surface area contributed by atoms with Crippen LogP contribution in [0.25, 0.3) is 0 Å². The third-order valence-corrected chi connectivity index (χ3v) is 4.08. The first-order chi connectivity index (χ1) is 9.15. The Morgan fingerprint density at radius 2 is 1.89 bits per heavy atom. The lowest BCUT2D eigenvalue weighted by Crippen LogP contribution is -2.33. The molecule has 106 valence electrons. The molecule has 1 heterocycles. The standard InChI is InChI=1S/C16H24FNO/c1-13-8-11-18(12-9-13)10-2-3-16(19)14-4-6-15(17)7-5-14/h4-7,13,16,19H,2-3,8-12H2,1H3/t16-/m0/s1. The zero-order chi connectivity index (χ0) is 13.7. The molecule has 2 nitrogen and oxygen atoms in total. The Bertz CT molecular complexity index is 371. The molecule has 3 heteroatoms. The second-order valence-corrected chi connectivity index (χ2v) is 5.73. The third kappa shape index (κ3) is 4.59. The van der Waals surface area contributed by atoms with Crippen LogP contribution in [0, 0.1) is 11.7 Å². The zero-order valence-electron chi connectivity index (χ0n) is 11.7. The second kappa shape index (κ2) is 7.01. The van der Waals surface area contributed by atoms with Crippen LogP contribution in [0.1, 0.15) is 44.3 Å². The Hall–Kier alpha value is -0.930. The Labute approximate surface area is 115 Å². The van der Waals surface area contributed by atoms with Crippen LogP contribution in [0.3, 0.4) is 0 Å². The molecule has 1 fully saturated rings. The van der Waals surface area contributed by atoms with Crippen molar-refractivity contribution in [1.29, 1.82) is 0 Å². The fourth-order valence-corrected chi connectivity index (χ4v) is 2.65. The van der Waals surface area contributed by atoms with E-state index in [4.69, 9.17) is 0 Å². The zero-order valence-corrected chi connectivity index (χ0v) is 11.7. The van der Waals surface area contributed by atoms with Crippen LogP contribution in [0.2, 0.25) is 0 Å². The van der Waals surface area contributed by atoms with Gasteiger partial charge in [0.25, 0.3) is 0 Å². The van der Waals surface area contributed by atoms with Gasteiger partial charge in [0, 0.05) is 0 Å². The van der Waals surface area contributed by atoms with E-state index in [1.54, 1.807) is 12.1 Å². The Balaban J connectivity index is 1.69. The van der Waals surface area contributed by atoms with Gasteiger partial charge in [-0.15, -0.1) is 0 Å². The number of likely N-dealkylation sites (tertiary alicyclic amines) is 1. The van der Waals surface area contributed by atoms with Crippen molar-refractivity contribution in [2.75, 3.05) is 19.6 Å². The maximum Gasteiger partial charge on any atom is 0.123 e. The minimum absolute atomic E-state index is 0.251. The van der Waals surface area contributed by atoms with Crippen molar-refractivity contribution in [1.82, 2.24) is 4.90 Å². The largest absolute Gasteiger partial charge is 0.388 e. The van der Waals surface area contributed by atoms with Gasteiger partial charge in [0.15, 0.2) is 0 Å². The van der Waals surface area contributed by atoms with Gasteiger partial charge in [0.05, 0.1) is 6.10 Å². The van der Waals surface area contributed by atoms with Crippen molar-refractivity contribution >= 4 is 0 Å². The molecule has 0 spiro atoms. The number of hydrogen-bond acceptors (Lipinski definition) is 2. The minimum atomic E-state index is -0.468. The highest BCUT2D eigenvalue weighted by Crippen LogP contribution is 2.20. The van der Waals surface area contributed by atoms with Gasteiger partial charge in [-0.25, -0.2) is 4.39 Å². The molecular formula is C16H24FNO. The molecule has 1 aromatic carbocycles. The van der Waals surface area contributed by atoms with Crippen LogP contribution in [0.4, 0.5) is 4.39 Å². The van der Waals surface area contributed by atoms with E-state index >= 15 is 0 Å². The first kappa shape index (κ1) is 14.5. The first-order valence-electron chi connectivity index (χ1n) is 7.31. The average Bonchev–Trinajstić information content (AvgIpc) is 2.41. The molecule has 0 aliphatic carbocycles. The van der Waals surface area contributed by atoms with Crippen LogP contribution in [0.15, 0.2) is 24.3 Å². The van der Waals surface area contributed by atoms with E-state index in [1.165, 1.54) is 38.1 Å². The van der Waals surface area contributed by atoms with Gasteiger partial charge in [-0.05, 0) is 68.9 Å². The van der Waals surface area contributed by atoms with Gasteiger partial charge in [0.2, 0.25) is 0 Å². The summed E-state index contributed by atoms with van der Waals surface area (Å²) in [5.74, 6) is 0.611. The lowest BCUT2D eigenvalue weighted by atomic mass is 9.98. The van der Waals surface area contributed by atoms with Crippen molar-refractivity contribution in [3.63, 3.8) is 0 Å². The van der Waals surface area contributed by atoms with Crippen molar-refractivity contribution < 1.29 is 9.50 Å². The van der Waals surface area contributed by atoms with Crippen LogP contribution >= 0.6 is 0 Å². The van der Waals surface area contributed by atoms with Gasteiger partial charge in [-0.1, -0.05) is 19.1 Å². The van der Waals surface area contributed by atoms with E-state index in [0.29, 0.717) is 0 Å². The molecule has 1 aromatic rings. The predicted octanol–water partition coefficient (Wildman–Crippen LogP) is 3.37. The van der Waals surface area contributed by atoms with Gasteiger partial charge in [-0.3, -0.25) is 0 Å². The van der Waals surface area contributed by atoms with Gasteiger partial charge in [0.1, 0.15) is 5.82 Å². The molecule has 0 radical (unpaired) electrons. The molecule has 2 rings (SSSR count). The number of nitrogens with zero attached hydrogens (tertiary/aromatic N) is 1. The van der Waals surface area contributed by atoms with Gasteiger partial charge < -0.3 is 10.0 Å². The van der Waals surface area contributed by atoms with Crippen LogP contribution < -0.4 is 0 Å². The topological polar surface area (TPSA) is 23.5 Å². The summed E-state index contributed by atoms with van der Waals surface area (Å²) < 4.78 is 12.8. The average molecular weight is 265 g/mol. The van der Waals surface area contributed by atoms with Gasteiger partial charge >= 0.3 is 0 Å². The van der Waals surface area contributed by atoms with Crippen LogP contribution in [-0.4, -0.2) is 29.6 Å². The van der Waals surface area contributed by atoms with Crippen molar-refractivity contribution in [3.05, 3.63) is 35.6 Å². The number of aliphatic hydroxyl groups excluding tert-OH is 1. The predicted molar refractivity (Wildman–Crippen MR) is 75.4 cm³/mol. The summed E-state index contributed by atoms with van der Waals surface area (Å²) in [5.41, 5.74) is 0.814. The minimum Gasteiger partial charge on any atom is -0.388 e. The third-order valence-electron chi connectivity index (χ3n) is 4.08. The fourth-order valence-electron chi connectivity index (χ4n) is 2.65. The number of halogens is 1. The van der Waals surface area contributed by atoms with Gasteiger partial charge in [-0.2, -0.15) is 0 Å². The molecule has 0 saturated carbocycles. The molecule has 1 aliphatic rings. The molecule has 1 N–H and O–H groups in total. The maximum atomic E-state index is 12.8. The van der Waals surface area contributed by atoms with Crippen molar-refractivity contribution in [2.45, 2.75) is 38.7 Å². The Morgan fingerprint density at radius 1 is 1.26 bits per heavy atom. The molecule has 1 saturated heterocycles. The highest BCUT2D eigenvalue weighted by Gasteiger charge is 2.15. The summed E-state index contributed by atoms with van der Waals surface area (Å²) in [6.45, 7) is 5.75. The number of hydrogen-bond donors (Lipinski definition) is 1. The lowest BCUT2D eigenvalue weighted by Gasteiger charge is -2.30. The van der Waals surface area contributed by atoms with E-state index < -0.39 is 6.10 Å². The number of aliphatic hydroxyl groups is 1. The number of piperidine rings is 1. The number of rotatable bonds is 5. The summed E-state index contributed by atoms with van der Waals surface area (Å²) in [6, 6.07) is 6.15. The molecular weight excluding hydrogens is 241 g/mol. The summed E-state index contributed by atoms with van der Waals surface area (Å²) in [5, 5.41) is 10.0. The van der Waals surface area contributed by atoms with E-state index in [2.05, 4.69) is 11.8 Å². The van der Waals surface area contributed by atoms with E-state index in [9.17, 15) is 9.50 Å². The summed E-state index contributed by atoms with van der Waals surface area (Å²) in [7, 11) is 0. The van der Waals surface area contributed by atoms with E-state index in [-0.39, 0.29) is 5.82 Å². The highest BCUT2D eigenvalue weighted by atomic mass is 19.1. The Kier molecular flexibility index (Phi) is 5.34. The summed E-state index contributed by atoms with van der Waals surface area (Å²) >= 11 is 0. The van der Waals surface area contributed by atoms with Crippen molar-refractivity contribution in [2.24, 2.45) is 5.92 Å². The number of benzene rings is 1. The molecule has 0 amide bonds. The summed E-state index contributed by atoms with van der Waals surface area (Å²) in [6.07, 6.45) is 3.86. The second-order valence-electron chi connectivity index (χ2n) is 5.73. The quantitative estimate of drug-likeness (QED) is 0.882. The van der Waals surface area contributed by atoms with E-state index in [0.717, 1.165) is 30.9 Å². The highest BCUT2D eigenvalue weighted by molar-refractivity contribution is 5.18. The smallest absolute Gasteiger partial charge is 0.123 e. The normalized spacial score (nSPS) is 19.5. The summed E-state index contributed by atoms with van der Waals surface area (Å²) in [4.78, 5) is 2.48. The van der Waals surface area contributed by atoms with E-state index in [1.807, 2.05) is 0 Å². The van der Waals surface area contributed by atoms with Crippen molar-refractivity contribution in [3.8, 4) is 0 Å². The lowest BCUT2D eigenvalue weighted by molar-refractivity contribution is 0.144. The monoisotopic (exact) mass is 265 g/mol. The first-order valence-corrected chi connectivity index (χ1v) is 7.31.